The zero-order valence-electron chi connectivity index (χ0n) is 18.5. The van der Waals surface area contributed by atoms with Crippen molar-refractivity contribution in [3.63, 3.8) is 0 Å². The summed E-state index contributed by atoms with van der Waals surface area (Å²) in [5.41, 5.74) is 7.18. The third-order valence-electron chi connectivity index (χ3n) is 4.75. The number of hydrogen-bond donors (Lipinski definition) is 3. The Morgan fingerprint density at radius 2 is 2.06 bits per heavy atom. The van der Waals surface area contributed by atoms with Crippen LogP contribution in [0.2, 0.25) is 0 Å². The van der Waals surface area contributed by atoms with Crippen LogP contribution in [0.1, 0.15) is 27.8 Å². The monoisotopic (exact) mass is 452 g/mol. The third kappa shape index (κ3) is 5.76. The molecule has 0 saturated carbocycles. The molecule has 168 valence electrons. The van der Waals surface area contributed by atoms with Gasteiger partial charge in [0.2, 0.25) is 0 Å². The lowest BCUT2D eigenvalue weighted by Gasteiger charge is -2.15. The van der Waals surface area contributed by atoms with Gasteiger partial charge in [-0.3, -0.25) is 14.6 Å². The van der Waals surface area contributed by atoms with E-state index in [9.17, 15) is 9.59 Å². The smallest absolute Gasteiger partial charge is 0.255 e. The number of aromatic nitrogens is 2. The average Bonchev–Trinajstić information content (AvgIpc) is 3.46. The van der Waals surface area contributed by atoms with Crippen LogP contribution in [0.25, 0.3) is 5.65 Å². The first-order valence-corrected chi connectivity index (χ1v) is 11.5. The summed E-state index contributed by atoms with van der Waals surface area (Å²) in [4.78, 5) is 27.7. The van der Waals surface area contributed by atoms with Gasteiger partial charge in [0.1, 0.15) is 11.3 Å². The van der Waals surface area contributed by atoms with E-state index in [0.29, 0.717) is 29.7 Å². The molecule has 3 N–H and O–H groups in total. The summed E-state index contributed by atoms with van der Waals surface area (Å²) in [6.07, 6.45) is 8.25. The zero-order chi connectivity index (χ0) is 22.9. The molecule has 1 aliphatic rings. The number of carbonyl (C=O) groups excluding carboxylic acids is 2. The number of amides is 1. The van der Waals surface area contributed by atoms with Gasteiger partial charge in [0.05, 0.1) is 11.3 Å². The van der Waals surface area contributed by atoms with Crippen molar-refractivity contribution in [2.75, 3.05) is 37.9 Å². The number of likely N-dealkylation sites (N-methyl/N-ethyl adjacent to an activating group) is 1. The largest absolute Gasteiger partial charge is 0.352 e. The summed E-state index contributed by atoms with van der Waals surface area (Å²) in [6.45, 7) is 4.26. The number of benzene rings is 1. The minimum Gasteiger partial charge on any atom is -0.352 e. The fourth-order valence-corrected chi connectivity index (χ4v) is 3.63. The lowest BCUT2D eigenvalue weighted by molar-refractivity contribution is 0.0956. The van der Waals surface area contributed by atoms with Gasteiger partial charge in [-0.1, -0.05) is 0 Å². The number of hydrogen-bond acceptors (Lipinski definition) is 7. The molecule has 1 aliphatic heterocycles. The Morgan fingerprint density at radius 1 is 1.28 bits per heavy atom. The van der Waals surface area contributed by atoms with Crippen LogP contribution >= 0.6 is 11.8 Å². The molecule has 3 aromatic rings. The van der Waals surface area contributed by atoms with Gasteiger partial charge >= 0.3 is 0 Å². The van der Waals surface area contributed by atoms with E-state index in [1.165, 1.54) is 16.2 Å². The first-order chi connectivity index (χ1) is 15.6. The van der Waals surface area contributed by atoms with Gasteiger partial charge in [-0.15, -0.1) is 11.8 Å². The van der Waals surface area contributed by atoms with Crippen molar-refractivity contribution in [2.45, 2.75) is 11.8 Å². The van der Waals surface area contributed by atoms with E-state index in [-0.39, 0.29) is 5.91 Å². The van der Waals surface area contributed by atoms with E-state index in [2.05, 4.69) is 62.8 Å². The lowest BCUT2D eigenvalue weighted by atomic mass is 10.2. The molecule has 0 aliphatic carbocycles. The number of imidazole rings is 1. The fraction of sp³-hybridized carbons (Fsp3) is 0.261. The predicted molar refractivity (Wildman–Crippen MR) is 129 cm³/mol. The Balaban J connectivity index is 0.000000181. The highest BCUT2D eigenvalue weighted by Gasteiger charge is 2.13. The molecule has 0 saturated heterocycles. The molecule has 9 heteroatoms. The number of nitrogens with one attached hydrogen (secondary N) is 3. The van der Waals surface area contributed by atoms with Crippen LogP contribution in [0.5, 0.6) is 0 Å². The van der Waals surface area contributed by atoms with E-state index in [1.54, 1.807) is 40.7 Å². The first-order valence-electron chi connectivity index (χ1n) is 10.3. The molecule has 1 aromatic carbocycles. The van der Waals surface area contributed by atoms with Crippen LogP contribution in [0, 0.1) is 0 Å². The topological polar surface area (TPSA) is 90.8 Å². The zero-order valence-corrected chi connectivity index (χ0v) is 19.3. The number of nitrogens with zero attached hydrogens (tertiary/aromatic N) is 3. The first kappa shape index (κ1) is 23.5. The van der Waals surface area contributed by atoms with Crippen molar-refractivity contribution in [3.05, 3.63) is 71.8 Å². The van der Waals surface area contributed by atoms with Crippen molar-refractivity contribution in [2.24, 2.45) is 0 Å². The molecule has 32 heavy (non-hydrogen) atoms. The highest BCUT2D eigenvalue weighted by molar-refractivity contribution is 7.98. The van der Waals surface area contributed by atoms with Gasteiger partial charge in [0, 0.05) is 43.1 Å². The maximum atomic E-state index is 11.7. The van der Waals surface area contributed by atoms with E-state index in [0.717, 1.165) is 13.1 Å². The molecule has 4 rings (SSSR count). The molecule has 0 bridgehead atoms. The maximum Gasteiger partial charge on any atom is 0.255 e. The number of fused-ring (bicyclic) bond motifs is 1. The van der Waals surface area contributed by atoms with Crippen LogP contribution in [0.3, 0.4) is 0 Å². The molecule has 0 radical (unpaired) electrons. The molecule has 8 nitrogen and oxygen atoms in total. The number of rotatable bonds is 7. The summed E-state index contributed by atoms with van der Waals surface area (Å²) in [5, 5.41) is 7.94. The second kappa shape index (κ2) is 11.5. The number of thioether (sulfide) groups is 1. The standard InChI is InChI=1S/C12H17N3S.C11H11N3O2/c1-13-7-10-8-14-15(9-10)11-3-5-12(16-2)6-4-11;1-2-12-11(16)9-4-3-5-14-6-8(7-15)13-10(9)14/h3-6,9,13-14H,7-8H2,1-2H3;3-7H,2H2,1H3,(H,12,16). The summed E-state index contributed by atoms with van der Waals surface area (Å²) >= 11 is 1.76. The summed E-state index contributed by atoms with van der Waals surface area (Å²) < 4.78 is 1.66. The average molecular weight is 453 g/mol. The number of hydrazine groups is 1. The molecule has 0 atom stereocenters. The van der Waals surface area contributed by atoms with Gasteiger partial charge in [-0.05, 0) is 62.2 Å². The van der Waals surface area contributed by atoms with Gasteiger partial charge in [-0.25, -0.2) is 10.4 Å². The Labute approximate surface area is 192 Å². The molecule has 1 amide bonds. The highest BCUT2D eigenvalue weighted by Crippen LogP contribution is 2.21. The fourth-order valence-electron chi connectivity index (χ4n) is 3.23. The molecule has 2 aromatic heterocycles. The predicted octanol–water partition coefficient (Wildman–Crippen LogP) is 2.73. The summed E-state index contributed by atoms with van der Waals surface area (Å²) in [7, 11) is 1.97. The van der Waals surface area contributed by atoms with E-state index in [1.807, 2.05) is 14.0 Å². The summed E-state index contributed by atoms with van der Waals surface area (Å²) in [6, 6.07) is 12.0. The molecular formula is C23H28N6O2S. The van der Waals surface area contributed by atoms with Crippen LogP contribution in [0.4, 0.5) is 5.69 Å². The van der Waals surface area contributed by atoms with Crippen LogP contribution < -0.4 is 21.1 Å². The second-order valence-electron chi connectivity index (χ2n) is 7.02. The van der Waals surface area contributed by atoms with Gasteiger partial charge in [-0.2, -0.15) is 0 Å². The Bertz CT molecular complexity index is 1090. The van der Waals surface area contributed by atoms with Crippen molar-refractivity contribution >= 4 is 35.3 Å². The van der Waals surface area contributed by atoms with Gasteiger partial charge in [0.15, 0.2) is 6.29 Å². The molecule has 0 unspecified atom stereocenters. The van der Waals surface area contributed by atoms with Gasteiger partial charge < -0.3 is 15.0 Å². The Kier molecular flexibility index (Phi) is 8.43. The maximum absolute atomic E-state index is 11.7. The van der Waals surface area contributed by atoms with Crippen LogP contribution in [0.15, 0.2) is 65.5 Å². The minimum atomic E-state index is -0.184. The highest BCUT2D eigenvalue weighted by atomic mass is 32.2. The van der Waals surface area contributed by atoms with Crippen molar-refractivity contribution in [1.82, 2.24) is 25.4 Å². The van der Waals surface area contributed by atoms with Crippen molar-refractivity contribution in [1.29, 1.82) is 0 Å². The van der Waals surface area contributed by atoms with E-state index < -0.39 is 0 Å². The molecule has 0 fully saturated rings. The van der Waals surface area contributed by atoms with Crippen LogP contribution in [-0.4, -0.2) is 54.5 Å². The number of anilines is 1. The van der Waals surface area contributed by atoms with E-state index in [4.69, 9.17) is 0 Å². The van der Waals surface area contributed by atoms with Crippen molar-refractivity contribution < 1.29 is 9.59 Å². The SMILES string of the molecule is CCNC(=O)c1cccn2cc(C=O)nc12.CNCC1=CN(c2ccc(SC)cc2)NC1. The normalized spacial score (nSPS) is 12.8. The summed E-state index contributed by atoms with van der Waals surface area (Å²) in [5.74, 6) is -0.184. The van der Waals surface area contributed by atoms with E-state index >= 15 is 0 Å². The quantitative estimate of drug-likeness (QED) is 0.375. The third-order valence-corrected chi connectivity index (χ3v) is 5.49. The number of aldehydes is 1. The second-order valence-corrected chi connectivity index (χ2v) is 7.90. The van der Waals surface area contributed by atoms with Crippen LogP contribution in [-0.2, 0) is 0 Å². The van der Waals surface area contributed by atoms with Crippen molar-refractivity contribution in [3.8, 4) is 0 Å². The lowest BCUT2D eigenvalue weighted by Crippen LogP contribution is -2.28. The Morgan fingerprint density at radius 3 is 2.72 bits per heavy atom. The minimum absolute atomic E-state index is 0.184. The Hall–Kier alpha value is -3.14. The van der Waals surface area contributed by atoms with Gasteiger partial charge in [0.25, 0.3) is 5.91 Å². The molecular weight excluding hydrogens is 424 g/mol. The molecule has 3 heterocycles. The molecule has 0 spiro atoms. The number of carbonyl (C=O) groups is 2. The number of pyridine rings is 1.